The quantitative estimate of drug-likeness (QED) is 0.841. The summed E-state index contributed by atoms with van der Waals surface area (Å²) in [4.78, 5) is 6.77. The molecule has 0 aromatic carbocycles. The Morgan fingerprint density at radius 3 is 2.86 bits per heavy atom. The maximum Gasteiger partial charge on any atom is 0.141 e. The molecule has 21 heavy (non-hydrogen) atoms. The van der Waals surface area contributed by atoms with Crippen LogP contribution in [0, 0.1) is 17.7 Å². The highest BCUT2D eigenvalue weighted by atomic mass is 19.1. The zero-order valence-corrected chi connectivity index (χ0v) is 13.7. The zero-order valence-electron chi connectivity index (χ0n) is 13.7. The molecule has 118 valence electrons. The van der Waals surface area contributed by atoms with Crippen LogP contribution in [0.5, 0.6) is 0 Å². The number of hydrogen-bond donors (Lipinski definition) is 1. The van der Waals surface area contributed by atoms with Crippen LogP contribution in [0.4, 0.5) is 10.2 Å². The summed E-state index contributed by atoms with van der Waals surface area (Å²) < 4.78 is 13.6. The van der Waals surface area contributed by atoms with E-state index in [9.17, 15) is 4.39 Å². The monoisotopic (exact) mass is 293 g/mol. The summed E-state index contributed by atoms with van der Waals surface area (Å²) in [6.45, 7) is 11.6. The fraction of sp³-hybridized carbons (Fsp3) is 0.706. The molecule has 1 aromatic heterocycles. The van der Waals surface area contributed by atoms with E-state index in [1.54, 1.807) is 6.07 Å². The van der Waals surface area contributed by atoms with Gasteiger partial charge in [0.25, 0.3) is 0 Å². The highest BCUT2D eigenvalue weighted by molar-refractivity contribution is 5.48. The zero-order chi connectivity index (χ0) is 15.4. The second kappa shape index (κ2) is 7.21. The van der Waals surface area contributed by atoms with Crippen molar-refractivity contribution in [1.82, 2.24) is 10.3 Å². The number of nitrogens with one attached hydrogen (secondary N) is 1. The second-order valence-electron chi connectivity index (χ2n) is 6.52. The van der Waals surface area contributed by atoms with Crippen molar-refractivity contribution in [2.45, 2.75) is 53.1 Å². The maximum absolute atomic E-state index is 13.6. The Bertz CT molecular complexity index is 463. The molecular weight excluding hydrogens is 265 g/mol. The highest BCUT2D eigenvalue weighted by Crippen LogP contribution is 2.32. The van der Waals surface area contributed by atoms with Crippen molar-refractivity contribution in [3.8, 4) is 0 Å². The first-order valence-corrected chi connectivity index (χ1v) is 8.14. The van der Waals surface area contributed by atoms with Gasteiger partial charge < -0.3 is 10.2 Å². The van der Waals surface area contributed by atoms with Crippen LogP contribution in [-0.2, 0) is 6.54 Å². The van der Waals surface area contributed by atoms with E-state index in [2.05, 4.69) is 42.9 Å². The lowest BCUT2D eigenvalue weighted by atomic mass is 9.86. The van der Waals surface area contributed by atoms with E-state index in [1.165, 1.54) is 12.6 Å². The van der Waals surface area contributed by atoms with Crippen LogP contribution in [0.1, 0.15) is 46.1 Å². The molecule has 0 amide bonds. The fourth-order valence-electron chi connectivity index (χ4n) is 3.26. The Balaban J connectivity index is 2.24. The molecule has 1 N–H and O–H groups in total. The Morgan fingerprint density at radius 2 is 2.14 bits per heavy atom. The van der Waals surface area contributed by atoms with Gasteiger partial charge in [0.1, 0.15) is 11.6 Å². The molecule has 3 nitrogen and oxygen atoms in total. The molecular formula is C17H28FN3. The second-order valence-corrected chi connectivity index (χ2v) is 6.52. The predicted molar refractivity (Wildman–Crippen MR) is 85.9 cm³/mol. The molecule has 0 aliphatic carbocycles. The van der Waals surface area contributed by atoms with Crippen molar-refractivity contribution < 1.29 is 4.39 Å². The minimum Gasteiger partial charge on any atom is -0.353 e. The van der Waals surface area contributed by atoms with Gasteiger partial charge in [-0.05, 0) is 44.2 Å². The Labute approximate surface area is 127 Å². The molecule has 0 radical (unpaired) electrons. The van der Waals surface area contributed by atoms with E-state index in [-0.39, 0.29) is 5.82 Å². The van der Waals surface area contributed by atoms with E-state index in [0.29, 0.717) is 24.4 Å². The number of pyridine rings is 1. The number of aromatic nitrogens is 1. The molecule has 3 atom stereocenters. The third-order valence-corrected chi connectivity index (χ3v) is 4.52. The van der Waals surface area contributed by atoms with Crippen LogP contribution >= 0.6 is 0 Å². The van der Waals surface area contributed by atoms with Crippen molar-refractivity contribution in [1.29, 1.82) is 0 Å². The van der Waals surface area contributed by atoms with Crippen LogP contribution in [0.2, 0.25) is 0 Å². The largest absolute Gasteiger partial charge is 0.353 e. The summed E-state index contributed by atoms with van der Waals surface area (Å²) in [6.07, 6.45) is 3.67. The van der Waals surface area contributed by atoms with Crippen LogP contribution in [0.15, 0.2) is 12.3 Å². The number of halogens is 1. The first kappa shape index (κ1) is 16.2. The normalized spacial score (nSPS) is 26.1. The average molecular weight is 293 g/mol. The van der Waals surface area contributed by atoms with Gasteiger partial charge in [0.05, 0.1) is 6.20 Å². The molecule has 1 aliphatic heterocycles. The van der Waals surface area contributed by atoms with E-state index in [1.807, 2.05) is 0 Å². The molecule has 1 fully saturated rings. The Morgan fingerprint density at radius 1 is 1.38 bits per heavy atom. The topological polar surface area (TPSA) is 28.2 Å². The predicted octanol–water partition coefficient (Wildman–Crippen LogP) is 3.59. The third-order valence-electron chi connectivity index (χ3n) is 4.52. The number of anilines is 1. The van der Waals surface area contributed by atoms with Crippen LogP contribution < -0.4 is 10.2 Å². The Kier molecular flexibility index (Phi) is 5.57. The lowest BCUT2D eigenvalue weighted by Gasteiger charge is -2.42. The van der Waals surface area contributed by atoms with Crippen LogP contribution in [-0.4, -0.2) is 24.1 Å². The Hall–Kier alpha value is -1.16. The summed E-state index contributed by atoms with van der Waals surface area (Å²) in [6, 6.07) is 2.07. The van der Waals surface area contributed by atoms with Crippen molar-refractivity contribution in [2.75, 3.05) is 18.0 Å². The molecule has 4 heteroatoms. The van der Waals surface area contributed by atoms with E-state index in [4.69, 9.17) is 0 Å². The molecule has 1 aromatic rings. The van der Waals surface area contributed by atoms with Crippen molar-refractivity contribution in [3.63, 3.8) is 0 Å². The molecule has 0 bridgehead atoms. The molecule has 1 saturated heterocycles. The third kappa shape index (κ3) is 3.94. The SMILES string of the molecule is CCCNCc1cc(F)cnc1N1CC(C)CC(C)C1C. The summed E-state index contributed by atoms with van der Waals surface area (Å²) in [5, 5.41) is 3.36. The molecule has 0 saturated carbocycles. The standard InChI is InChI=1S/C17H28FN3/c1-5-6-19-9-15-8-16(18)10-20-17(15)21-11-12(2)7-13(3)14(21)4/h8,10,12-14,19H,5-7,9,11H2,1-4H3. The number of hydrogen-bond acceptors (Lipinski definition) is 3. The van der Waals surface area contributed by atoms with Gasteiger partial charge in [-0.2, -0.15) is 0 Å². The van der Waals surface area contributed by atoms with Crippen molar-refractivity contribution >= 4 is 5.82 Å². The lowest BCUT2D eigenvalue weighted by Crippen LogP contribution is -2.46. The van der Waals surface area contributed by atoms with Gasteiger partial charge in [0.2, 0.25) is 0 Å². The summed E-state index contributed by atoms with van der Waals surface area (Å²) in [7, 11) is 0. The van der Waals surface area contributed by atoms with Crippen LogP contribution in [0.3, 0.4) is 0 Å². The van der Waals surface area contributed by atoms with Gasteiger partial charge in [-0.1, -0.05) is 20.8 Å². The number of nitrogens with zero attached hydrogens (tertiary/aromatic N) is 2. The van der Waals surface area contributed by atoms with Crippen LogP contribution in [0.25, 0.3) is 0 Å². The summed E-state index contributed by atoms with van der Waals surface area (Å²) >= 11 is 0. The van der Waals surface area contributed by atoms with Gasteiger partial charge in [-0.25, -0.2) is 9.37 Å². The van der Waals surface area contributed by atoms with Gasteiger partial charge in [-0.3, -0.25) is 0 Å². The van der Waals surface area contributed by atoms with E-state index < -0.39 is 0 Å². The summed E-state index contributed by atoms with van der Waals surface area (Å²) in [5.41, 5.74) is 0.969. The van der Waals surface area contributed by atoms with Gasteiger partial charge in [0, 0.05) is 24.7 Å². The molecule has 1 aliphatic rings. The van der Waals surface area contributed by atoms with Gasteiger partial charge >= 0.3 is 0 Å². The minimum absolute atomic E-state index is 0.252. The molecule has 0 spiro atoms. The first-order chi connectivity index (χ1) is 10.0. The van der Waals surface area contributed by atoms with Crippen molar-refractivity contribution in [3.05, 3.63) is 23.6 Å². The molecule has 3 unspecified atom stereocenters. The highest BCUT2D eigenvalue weighted by Gasteiger charge is 2.30. The minimum atomic E-state index is -0.252. The van der Waals surface area contributed by atoms with Crippen molar-refractivity contribution in [2.24, 2.45) is 11.8 Å². The van der Waals surface area contributed by atoms with Gasteiger partial charge in [-0.15, -0.1) is 0 Å². The number of piperidine rings is 1. The summed E-state index contributed by atoms with van der Waals surface area (Å²) in [5.74, 6) is 1.99. The van der Waals surface area contributed by atoms with E-state index in [0.717, 1.165) is 30.9 Å². The molecule has 2 heterocycles. The van der Waals surface area contributed by atoms with E-state index >= 15 is 0 Å². The smallest absolute Gasteiger partial charge is 0.141 e. The maximum atomic E-state index is 13.6. The fourth-order valence-corrected chi connectivity index (χ4v) is 3.26. The first-order valence-electron chi connectivity index (χ1n) is 8.14. The lowest BCUT2D eigenvalue weighted by molar-refractivity contribution is 0.295. The van der Waals surface area contributed by atoms with Gasteiger partial charge in [0.15, 0.2) is 0 Å². The number of rotatable bonds is 5. The average Bonchev–Trinajstić information content (AvgIpc) is 2.44. The molecule has 2 rings (SSSR count).